The maximum atomic E-state index is 14.8. The number of nitrogens with one attached hydrogen (secondary N) is 3. The largest absolute Gasteiger partial charge is 0.444 e. The van der Waals surface area contributed by atoms with Crippen LogP contribution in [0.4, 0.5) is 36.3 Å². The second kappa shape index (κ2) is 27.8. The number of amides is 3. The van der Waals surface area contributed by atoms with Gasteiger partial charge in [-0.15, -0.1) is 0 Å². The van der Waals surface area contributed by atoms with Gasteiger partial charge in [0.15, 0.2) is 6.10 Å². The minimum Gasteiger partial charge on any atom is -0.444 e. The van der Waals surface area contributed by atoms with Crippen LogP contribution in [0.5, 0.6) is 0 Å². The number of aromatic nitrogens is 8. The summed E-state index contributed by atoms with van der Waals surface area (Å²) >= 11 is 0. The number of nitrogens with zero attached hydrogens (tertiary/aromatic N) is 10. The fourth-order valence-electron chi connectivity index (χ4n) is 11.7. The molecule has 8 aliphatic heterocycles. The molecule has 1 aromatic carbocycles. The number of hydrogen-bond donors (Lipinski definition) is 3. The summed E-state index contributed by atoms with van der Waals surface area (Å²) in [6, 6.07) is -0.294. The number of alkyl carbamates (subject to hydrolysis) is 1. The predicted octanol–water partition coefficient (Wildman–Crippen LogP) is 6.01. The van der Waals surface area contributed by atoms with Crippen molar-refractivity contribution in [3.05, 3.63) is 105 Å². The topological polar surface area (TPSA) is 334 Å². The van der Waals surface area contributed by atoms with Gasteiger partial charge < -0.3 is 43.8 Å². The van der Waals surface area contributed by atoms with Crippen LogP contribution in [0.1, 0.15) is 145 Å². The van der Waals surface area contributed by atoms with Gasteiger partial charge in [0.05, 0.1) is 81.0 Å². The van der Waals surface area contributed by atoms with E-state index in [2.05, 4.69) is 36.1 Å². The number of benzene rings is 1. The zero-order valence-corrected chi connectivity index (χ0v) is 56.9. The molecule has 96 heavy (non-hydrogen) atoms. The van der Waals surface area contributed by atoms with E-state index in [-0.39, 0.29) is 57.7 Å². The number of hydrogen-bond acceptors (Lipinski definition) is 22. The van der Waals surface area contributed by atoms with Gasteiger partial charge in [-0.3, -0.25) is 19.8 Å². The Morgan fingerprint density at radius 3 is 1.56 bits per heavy atom. The average molecular weight is 1420 g/mol. The van der Waals surface area contributed by atoms with E-state index in [9.17, 15) is 61.6 Å². The molecule has 0 spiro atoms. The van der Waals surface area contributed by atoms with Crippen molar-refractivity contribution in [3.8, 4) is 0 Å². The predicted molar refractivity (Wildman–Crippen MR) is 328 cm³/mol. The van der Waals surface area contributed by atoms with Crippen LogP contribution in [-0.2, 0) is 116 Å². The Labute approximate surface area is 552 Å². The molecule has 3 N–H and O–H groups in total. The Kier molecular flexibility index (Phi) is 20.8. The van der Waals surface area contributed by atoms with Gasteiger partial charge in [-0.1, -0.05) is 0 Å². The summed E-state index contributed by atoms with van der Waals surface area (Å²) < 4.78 is 187. The van der Waals surface area contributed by atoms with Gasteiger partial charge in [0.25, 0.3) is 30.1 Å². The lowest BCUT2D eigenvalue weighted by Gasteiger charge is -2.45. The van der Waals surface area contributed by atoms with E-state index in [1.807, 2.05) is 20.8 Å². The second-order valence-electron chi connectivity index (χ2n) is 27.3. The Bertz CT molecular complexity index is 3910. The highest BCUT2D eigenvalue weighted by molar-refractivity contribution is 7.91. The summed E-state index contributed by atoms with van der Waals surface area (Å²) in [5.74, 6) is -1.89. The number of aromatic amines is 1. The highest BCUT2D eigenvalue weighted by Crippen LogP contribution is 2.44. The monoisotopic (exact) mass is 1420 g/mol. The number of rotatable bonds is 9. The molecular weight excluding hydrogens is 1340 g/mol. The van der Waals surface area contributed by atoms with Gasteiger partial charge in [-0.2, -0.15) is 45.8 Å². The fraction of sp³-hybridized carbons (Fsp3) is 0.644. The Morgan fingerprint density at radius 2 is 1.09 bits per heavy atom. The molecule has 4 fully saturated rings. The third-order valence-electron chi connectivity index (χ3n) is 16.4. The normalized spacial score (nSPS) is 23.6. The molecule has 8 aliphatic rings. The zero-order chi connectivity index (χ0) is 69.7. The average Bonchev–Trinajstić information content (AvgIpc) is 1.61. The molecule has 4 aromatic heterocycles. The lowest BCUT2D eigenvalue weighted by atomic mass is 9.88. The highest BCUT2D eigenvalue weighted by atomic mass is 32.2. The SMILES string of the molecule is CC(C)(C)OC(=O)N1Cc2cn(S(=O)(=O)C3CCOC3)nc2C1.CC(C)(C)OC(=O)N1Cc2cn[nH]c2C1.CC(C)(C)OC(=O)N[C@H]1C[C@@H](N2Cc3cn(S(=O)(=O)C4CCOC4)nc3C2)[C@@H](C(F)(F)F)O[C@@H]1c1cc(F)ccc1F.O=S(=O)(C1CCOC1)n1cc2c(n1)CNC2. The highest BCUT2D eigenvalue weighted by Gasteiger charge is 2.55. The van der Waals surface area contributed by atoms with E-state index in [0.29, 0.717) is 83.1 Å². The van der Waals surface area contributed by atoms with Crippen molar-refractivity contribution in [3.63, 3.8) is 0 Å². The van der Waals surface area contributed by atoms with Gasteiger partial charge in [0.2, 0.25) is 0 Å². The van der Waals surface area contributed by atoms with Crippen LogP contribution in [0.2, 0.25) is 0 Å². The molecule has 37 heteroatoms. The number of carbonyl (C=O) groups is 3. The molecule has 3 unspecified atom stereocenters. The summed E-state index contributed by atoms with van der Waals surface area (Å²) in [5, 5.41) is 23.1. The maximum Gasteiger partial charge on any atom is 0.416 e. The van der Waals surface area contributed by atoms with E-state index in [4.69, 9.17) is 33.2 Å². The number of halogens is 5. The van der Waals surface area contributed by atoms with Crippen LogP contribution in [0.15, 0.2) is 43.0 Å². The smallest absolute Gasteiger partial charge is 0.416 e. The maximum absolute atomic E-state index is 14.8. The van der Waals surface area contributed by atoms with Crippen LogP contribution in [0.3, 0.4) is 0 Å². The molecule has 13 rings (SSSR count). The van der Waals surface area contributed by atoms with E-state index in [0.717, 1.165) is 58.5 Å². The third-order valence-corrected chi connectivity index (χ3v) is 22.2. The minimum atomic E-state index is -4.92. The van der Waals surface area contributed by atoms with Crippen LogP contribution < -0.4 is 10.6 Å². The van der Waals surface area contributed by atoms with Gasteiger partial charge in [0.1, 0.15) is 50.3 Å². The Hall–Kier alpha value is -6.87. The summed E-state index contributed by atoms with van der Waals surface area (Å²) in [6.07, 6.45) is -3.59. The zero-order valence-electron chi connectivity index (χ0n) is 54.4. The molecule has 4 saturated heterocycles. The quantitative estimate of drug-likeness (QED) is 0.112. The van der Waals surface area contributed by atoms with Crippen molar-refractivity contribution in [2.75, 3.05) is 39.6 Å². The van der Waals surface area contributed by atoms with Crippen molar-refractivity contribution in [2.24, 2.45) is 0 Å². The van der Waals surface area contributed by atoms with Gasteiger partial charge in [0, 0.05) is 98.4 Å². The molecule has 0 saturated carbocycles. The second-order valence-corrected chi connectivity index (χ2v) is 33.5. The summed E-state index contributed by atoms with van der Waals surface area (Å²) in [7, 11) is -10.7. The van der Waals surface area contributed by atoms with Crippen LogP contribution >= 0.6 is 0 Å². The first-order valence-electron chi connectivity index (χ1n) is 31.1. The number of H-pyrrole nitrogens is 1. The first kappa shape index (κ1) is 71.9. The minimum absolute atomic E-state index is 0.0325. The van der Waals surface area contributed by atoms with Crippen molar-refractivity contribution in [1.29, 1.82) is 0 Å². The molecule has 530 valence electrons. The fourth-order valence-corrected chi connectivity index (χ4v) is 16.1. The van der Waals surface area contributed by atoms with Crippen molar-refractivity contribution >= 4 is 48.3 Å². The Morgan fingerprint density at radius 1 is 0.604 bits per heavy atom. The van der Waals surface area contributed by atoms with E-state index >= 15 is 0 Å². The molecule has 5 aromatic rings. The number of ether oxygens (including phenoxy) is 7. The van der Waals surface area contributed by atoms with E-state index < -0.39 is 122 Å². The lowest BCUT2D eigenvalue weighted by Crippen LogP contribution is -2.59. The first-order valence-corrected chi connectivity index (χ1v) is 35.6. The van der Waals surface area contributed by atoms with Gasteiger partial charge in [-0.25, -0.2) is 48.4 Å². The number of alkyl halides is 3. The molecule has 12 heterocycles. The van der Waals surface area contributed by atoms with Crippen LogP contribution in [-0.4, -0.2) is 193 Å². The molecule has 7 atom stereocenters. The van der Waals surface area contributed by atoms with Crippen LogP contribution in [0, 0.1) is 11.6 Å². The molecular formula is C59H80F5N13O16S3. The first-order chi connectivity index (χ1) is 44.8. The number of carbonyl (C=O) groups excluding carboxylic acids is 3. The van der Waals surface area contributed by atoms with Crippen LogP contribution in [0.25, 0.3) is 0 Å². The van der Waals surface area contributed by atoms with E-state index in [1.165, 1.54) is 22.2 Å². The number of fused-ring (bicyclic) bond motifs is 4. The third kappa shape index (κ3) is 16.8. The van der Waals surface area contributed by atoms with Gasteiger partial charge in [-0.05, 0) is 106 Å². The molecule has 0 aliphatic carbocycles. The van der Waals surface area contributed by atoms with Crippen molar-refractivity contribution in [1.82, 2.24) is 63.1 Å². The van der Waals surface area contributed by atoms with Crippen molar-refractivity contribution in [2.45, 2.75) is 203 Å². The summed E-state index contributed by atoms with van der Waals surface area (Å²) in [4.78, 5) is 41.0. The Balaban J connectivity index is 0.000000154. The lowest BCUT2D eigenvalue weighted by molar-refractivity contribution is -0.270. The molecule has 3 amide bonds. The summed E-state index contributed by atoms with van der Waals surface area (Å²) in [5.41, 5.74) is 3.49. The molecule has 0 bridgehead atoms. The van der Waals surface area contributed by atoms with E-state index in [1.54, 1.807) is 58.8 Å². The summed E-state index contributed by atoms with van der Waals surface area (Å²) in [6.45, 7) is 20.4. The molecule has 29 nitrogen and oxygen atoms in total. The standard InChI is InChI=1S/C26H31F5N4O6S.C14H21N3O5S.C10H15N3O2.C9H13N3O3S/c1-25(2,3)41-24(36)32-19-9-21(23(26(29,30)31)40-22(19)17-8-15(27)4-5-18(17)28)34-10-14-11-35(33-20(14)12-34)42(37,38)16-6-7-39-13-16;1-14(2,3)22-13(18)16-6-10-7-17(15-12(10)8-16)23(19,20)11-4-5-21-9-11;1-10(2,3)15-9(14)13-5-7-4-11-12-8(7)6-13;13-16(14,8-1-2-15-6-8)12-5-7-3-10-4-9(7)11-12/h4-5,8,11,16,19,21-23H,6-7,9-10,12-13H2,1-3H3,(H,32,36);7,11H,4-6,8-9H2,1-3H3;4H,5-6H2,1-3H3,(H,11,12);5,8,10H,1-4,6H2/t16?,19-,21+,22+,23-;;;/m0.../s1. The van der Waals surface area contributed by atoms with Gasteiger partial charge >= 0.3 is 24.5 Å². The van der Waals surface area contributed by atoms with Crippen molar-refractivity contribution < 1.29 is 94.7 Å². The molecule has 0 radical (unpaired) electrons.